The highest BCUT2D eigenvalue weighted by molar-refractivity contribution is 5.96. The fourth-order valence-electron chi connectivity index (χ4n) is 4.04. The molecule has 0 aromatic heterocycles. The third-order valence-electron chi connectivity index (χ3n) is 5.64. The molecule has 0 saturated carbocycles. The van der Waals surface area contributed by atoms with E-state index in [0.717, 1.165) is 48.4 Å². The predicted molar refractivity (Wildman–Crippen MR) is 125 cm³/mol. The molecule has 1 aliphatic rings. The van der Waals surface area contributed by atoms with E-state index in [9.17, 15) is 4.79 Å². The molecule has 5 heteroatoms. The van der Waals surface area contributed by atoms with E-state index in [0.29, 0.717) is 5.56 Å². The van der Waals surface area contributed by atoms with Crippen LogP contribution in [0.3, 0.4) is 0 Å². The zero-order chi connectivity index (χ0) is 21.6. The van der Waals surface area contributed by atoms with Gasteiger partial charge in [0, 0.05) is 29.9 Å². The first kappa shape index (κ1) is 20.7. The van der Waals surface area contributed by atoms with Crippen molar-refractivity contribution in [2.45, 2.75) is 26.3 Å². The Hall–Kier alpha value is -3.60. The number of aryl methyl sites for hydroxylation is 2. The highest BCUT2D eigenvalue weighted by Crippen LogP contribution is 2.30. The zero-order valence-electron chi connectivity index (χ0n) is 18.0. The Bertz CT molecular complexity index is 1110. The van der Waals surface area contributed by atoms with E-state index in [-0.39, 0.29) is 5.91 Å². The minimum Gasteiger partial charge on any atom is -0.496 e. The number of nitrogens with one attached hydrogen (secondary N) is 1. The van der Waals surface area contributed by atoms with Crippen LogP contribution in [0.4, 0.5) is 5.69 Å². The number of rotatable bonds is 6. The summed E-state index contributed by atoms with van der Waals surface area (Å²) in [6.45, 7) is 3.69. The van der Waals surface area contributed by atoms with Crippen molar-refractivity contribution in [2.75, 3.05) is 18.6 Å². The first-order valence-corrected chi connectivity index (χ1v) is 10.5. The maximum absolute atomic E-state index is 12.4. The Balaban J connectivity index is 1.50. The standard InChI is InChI=1S/C26H27N3O2/c1-19-8-3-5-11-23(19)26(30)28-27-17-20-13-14-25(31-2)22(16-20)18-29-15-7-10-21-9-4-6-12-24(21)29/h3-6,8-9,11-14,16-17H,7,10,15,18H2,1-2H3,(H,28,30)/b27-17-. The number of ether oxygens (including phenoxy) is 1. The quantitative estimate of drug-likeness (QED) is 0.470. The van der Waals surface area contributed by atoms with Gasteiger partial charge in [0.15, 0.2) is 0 Å². The normalized spacial score (nSPS) is 13.2. The number of nitrogens with zero attached hydrogens (tertiary/aromatic N) is 2. The fraction of sp³-hybridized carbons (Fsp3) is 0.231. The van der Waals surface area contributed by atoms with Gasteiger partial charge in [0.05, 0.1) is 13.3 Å². The summed E-state index contributed by atoms with van der Waals surface area (Å²) in [5, 5.41) is 4.16. The topological polar surface area (TPSA) is 53.9 Å². The lowest BCUT2D eigenvalue weighted by Gasteiger charge is -2.31. The summed E-state index contributed by atoms with van der Waals surface area (Å²) in [6.07, 6.45) is 3.94. The van der Waals surface area contributed by atoms with Crippen molar-refractivity contribution in [3.05, 3.63) is 94.5 Å². The lowest BCUT2D eigenvalue weighted by Crippen LogP contribution is -2.29. The second kappa shape index (κ2) is 9.47. The van der Waals surface area contributed by atoms with Gasteiger partial charge in [-0.05, 0) is 66.8 Å². The molecular weight excluding hydrogens is 386 g/mol. The number of hydrazone groups is 1. The van der Waals surface area contributed by atoms with E-state index in [4.69, 9.17) is 4.74 Å². The Morgan fingerprint density at radius 2 is 1.94 bits per heavy atom. The SMILES string of the molecule is COc1ccc(/C=N\NC(=O)c2ccccc2C)cc1CN1CCCc2ccccc21. The van der Waals surface area contributed by atoms with Gasteiger partial charge in [0.2, 0.25) is 0 Å². The van der Waals surface area contributed by atoms with Crippen LogP contribution >= 0.6 is 0 Å². The zero-order valence-corrected chi connectivity index (χ0v) is 18.0. The first-order chi connectivity index (χ1) is 15.2. The highest BCUT2D eigenvalue weighted by atomic mass is 16.5. The average Bonchev–Trinajstić information content (AvgIpc) is 2.80. The average molecular weight is 414 g/mol. The third-order valence-corrected chi connectivity index (χ3v) is 5.64. The fourth-order valence-corrected chi connectivity index (χ4v) is 4.04. The molecule has 158 valence electrons. The lowest BCUT2D eigenvalue weighted by atomic mass is 10.0. The number of methoxy groups -OCH3 is 1. The molecule has 0 radical (unpaired) electrons. The van der Waals surface area contributed by atoms with Crippen LogP contribution in [0.15, 0.2) is 71.8 Å². The molecule has 5 nitrogen and oxygen atoms in total. The second-order valence-corrected chi connectivity index (χ2v) is 7.74. The molecule has 0 spiro atoms. The van der Waals surface area contributed by atoms with Gasteiger partial charge in [-0.1, -0.05) is 36.4 Å². The highest BCUT2D eigenvalue weighted by Gasteiger charge is 2.18. The number of benzene rings is 3. The van der Waals surface area contributed by atoms with Crippen LogP contribution in [-0.4, -0.2) is 25.8 Å². The predicted octanol–water partition coefficient (Wildman–Crippen LogP) is 4.72. The minimum absolute atomic E-state index is 0.215. The van der Waals surface area contributed by atoms with Crippen LogP contribution < -0.4 is 15.1 Å². The molecule has 1 N–H and O–H groups in total. The number of para-hydroxylation sites is 1. The summed E-state index contributed by atoms with van der Waals surface area (Å²) in [7, 11) is 1.69. The van der Waals surface area contributed by atoms with Crippen LogP contribution in [0.1, 0.15) is 39.0 Å². The molecule has 0 aliphatic carbocycles. The van der Waals surface area contributed by atoms with E-state index in [1.165, 1.54) is 11.3 Å². The molecule has 1 amide bonds. The summed E-state index contributed by atoms with van der Waals surface area (Å²) in [6, 6.07) is 22.0. The van der Waals surface area contributed by atoms with E-state index >= 15 is 0 Å². The Labute approximate surface area is 183 Å². The molecule has 0 atom stereocenters. The van der Waals surface area contributed by atoms with Gasteiger partial charge in [0.1, 0.15) is 5.75 Å². The molecular formula is C26H27N3O2. The van der Waals surface area contributed by atoms with Gasteiger partial charge in [0.25, 0.3) is 5.91 Å². The van der Waals surface area contributed by atoms with E-state index < -0.39 is 0 Å². The van der Waals surface area contributed by atoms with Gasteiger partial charge >= 0.3 is 0 Å². The largest absolute Gasteiger partial charge is 0.496 e. The summed E-state index contributed by atoms with van der Waals surface area (Å²) < 4.78 is 5.60. The van der Waals surface area contributed by atoms with Crippen molar-refractivity contribution < 1.29 is 9.53 Å². The summed E-state index contributed by atoms with van der Waals surface area (Å²) in [5.74, 6) is 0.636. The minimum atomic E-state index is -0.215. The number of carbonyl (C=O) groups excluding carboxylic acids is 1. The maximum atomic E-state index is 12.4. The van der Waals surface area contributed by atoms with Crippen molar-refractivity contribution in [3.63, 3.8) is 0 Å². The smallest absolute Gasteiger partial charge is 0.271 e. The molecule has 3 aromatic carbocycles. The maximum Gasteiger partial charge on any atom is 0.271 e. The summed E-state index contributed by atoms with van der Waals surface area (Å²) >= 11 is 0. The van der Waals surface area contributed by atoms with Gasteiger partial charge < -0.3 is 9.64 Å². The van der Waals surface area contributed by atoms with E-state index in [2.05, 4.69) is 45.8 Å². The van der Waals surface area contributed by atoms with Gasteiger partial charge in [-0.2, -0.15) is 5.10 Å². The second-order valence-electron chi connectivity index (χ2n) is 7.74. The van der Waals surface area contributed by atoms with Crippen molar-refractivity contribution >= 4 is 17.8 Å². The van der Waals surface area contributed by atoms with Crippen LogP contribution in [-0.2, 0) is 13.0 Å². The van der Waals surface area contributed by atoms with E-state index in [1.54, 1.807) is 19.4 Å². The van der Waals surface area contributed by atoms with Crippen molar-refractivity contribution in [1.29, 1.82) is 0 Å². The number of anilines is 1. The van der Waals surface area contributed by atoms with E-state index in [1.807, 2.05) is 37.3 Å². The van der Waals surface area contributed by atoms with Crippen LogP contribution in [0.25, 0.3) is 0 Å². The molecule has 0 unspecified atom stereocenters. The Morgan fingerprint density at radius 1 is 1.13 bits per heavy atom. The Morgan fingerprint density at radius 3 is 2.77 bits per heavy atom. The molecule has 1 heterocycles. The molecule has 0 bridgehead atoms. The number of fused-ring (bicyclic) bond motifs is 1. The molecule has 4 rings (SSSR count). The molecule has 0 fully saturated rings. The molecule has 31 heavy (non-hydrogen) atoms. The van der Waals surface area contributed by atoms with Crippen LogP contribution in [0, 0.1) is 6.92 Å². The molecule has 3 aromatic rings. The van der Waals surface area contributed by atoms with Gasteiger partial charge in [-0.15, -0.1) is 0 Å². The number of hydrogen-bond donors (Lipinski definition) is 1. The number of carbonyl (C=O) groups is 1. The number of hydrogen-bond acceptors (Lipinski definition) is 4. The monoisotopic (exact) mass is 413 g/mol. The van der Waals surface area contributed by atoms with Gasteiger partial charge in [-0.25, -0.2) is 5.43 Å². The molecule has 1 aliphatic heterocycles. The first-order valence-electron chi connectivity index (χ1n) is 10.5. The molecule has 0 saturated heterocycles. The van der Waals surface area contributed by atoms with Gasteiger partial charge in [-0.3, -0.25) is 4.79 Å². The van der Waals surface area contributed by atoms with Crippen LogP contribution in [0.5, 0.6) is 5.75 Å². The lowest BCUT2D eigenvalue weighted by molar-refractivity contribution is 0.0954. The van der Waals surface area contributed by atoms with Crippen LogP contribution in [0.2, 0.25) is 0 Å². The van der Waals surface area contributed by atoms with Crippen molar-refractivity contribution in [1.82, 2.24) is 5.43 Å². The Kier molecular flexibility index (Phi) is 6.32. The third kappa shape index (κ3) is 4.77. The summed E-state index contributed by atoms with van der Waals surface area (Å²) in [4.78, 5) is 14.8. The van der Waals surface area contributed by atoms with Crippen molar-refractivity contribution in [2.24, 2.45) is 5.10 Å². The van der Waals surface area contributed by atoms with Crippen molar-refractivity contribution in [3.8, 4) is 5.75 Å². The number of amides is 1. The summed E-state index contributed by atoms with van der Waals surface area (Å²) in [5.41, 5.74) is 8.85.